The molecule has 1 aromatic carbocycles. The molecular weight excluding hydrogens is 366 g/mol. The third kappa shape index (κ3) is 3.56. The number of rotatable bonds is 5. The Labute approximate surface area is 161 Å². The standard InChI is InChI=1S/C20H19NO7/c1-24-14-7-3-2-6-13(14)20(23)28-16-11-26-17-15(10-25-18(16)17)27-19(22)12-5-4-8-21-9-12/h2-9,15-18H,10-11H2,1H3/t15?,16?,17?,18-/m1/s1. The third-order valence-electron chi connectivity index (χ3n) is 4.70. The van der Waals surface area contributed by atoms with Crippen LogP contribution in [0.5, 0.6) is 5.75 Å². The molecule has 3 unspecified atom stereocenters. The van der Waals surface area contributed by atoms with Crippen LogP contribution in [-0.2, 0) is 18.9 Å². The molecule has 8 heteroatoms. The van der Waals surface area contributed by atoms with Gasteiger partial charge in [-0.1, -0.05) is 12.1 Å². The number of benzene rings is 1. The van der Waals surface area contributed by atoms with Crippen LogP contribution in [0.4, 0.5) is 0 Å². The van der Waals surface area contributed by atoms with Crippen molar-refractivity contribution < 1.29 is 33.3 Å². The number of aromatic nitrogens is 1. The van der Waals surface area contributed by atoms with E-state index in [4.69, 9.17) is 23.7 Å². The molecule has 2 saturated heterocycles. The molecule has 2 aliphatic rings. The van der Waals surface area contributed by atoms with E-state index >= 15 is 0 Å². The summed E-state index contributed by atoms with van der Waals surface area (Å²) in [5, 5.41) is 0. The molecule has 1 aromatic heterocycles. The maximum absolute atomic E-state index is 12.5. The van der Waals surface area contributed by atoms with Crippen molar-refractivity contribution in [1.82, 2.24) is 4.98 Å². The van der Waals surface area contributed by atoms with E-state index in [1.165, 1.54) is 13.3 Å². The van der Waals surface area contributed by atoms with Crippen LogP contribution in [0.2, 0.25) is 0 Å². The predicted octanol–water partition coefficient (Wildman–Crippen LogP) is 1.64. The van der Waals surface area contributed by atoms with Crippen molar-refractivity contribution in [2.45, 2.75) is 24.4 Å². The molecule has 4 atom stereocenters. The number of fused-ring (bicyclic) bond motifs is 1. The van der Waals surface area contributed by atoms with Gasteiger partial charge in [-0.25, -0.2) is 9.59 Å². The Morgan fingerprint density at radius 3 is 2.29 bits per heavy atom. The van der Waals surface area contributed by atoms with E-state index in [-0.39, 0.29) is 13.2 Å². The van der Waals surface area contributed by atoms with E-state index < -0.39 is 36.4 Å². The average molecular weight is 385 g/mol. The van der Waals surface area contributed by atoms with Crippen molar-refractivity contribution >= 4 is 11.9 Å². The van der Waals surface area contributed by atoms with Gasteiger partial charge >= 0.3 is 11.9 Å². The predicted molar refractivity (Wildman–Crippen MR) is 95.1 cm³/mol. The van der Waals surface area contributed by atoms with Crippen LogP contribution in [0.3, 0.4) is 0 Å². The summed E-state index contributed by atoms with van der Waals surface area (Å²) < 4.78 is 27.7. The lowest BCUT2D eigenvalue weighted by Gasteiger charge is -2.17. The number of ether oxygens (including phenoxy) is 5. The largest absolute Gasteiger partial charge is 0.496 e. The highest BCUT2D eigenvalue weighted by Crippen LogP contribution is 2.32. The minimum atomic E-state index is -0.593. The highest BCUT2D eigenvalue weighted by molar-refractivity contribution is 5.92. The van der Waals surface area contributed by atoms with Crippen LogP contribution in [-0.4, -0.2) is 61.7 Å². The van der Waals surface area contributed by atoms with E-state index in [0.717, 1.165) is 0 Å². The first-order valence-corrected chi connectivity index (χ1v) is 8.85. The first-order valence-electron chi connectivity index (χ1n) is 8.85. The molecule has 4 rings (SSSR count). The number of para-hydroxylation sites is 1. The lowest BCUT2D eigenvalue weighted by atomic mass is 10.1. The van der Waals surface area contributed by atoms with E-state index in [0.29, 0.717) is 16.9 Å². The molecule has 2 fully saturated rings. The van der Waals surface area contributed by atoms with E-state index in [1.807, 2.05) is 0 Å². The molecule has 2 aromatic rings. The molecule has 0 saturated carbocycles. The molecule has 0 amide bonds. The zero-order valence-electron chi connectivity index (χ0n) is 15.1. The second-order valence-corrected chi connectivity index (χ2v) is 6.43. The number of pyridine rings is 1. The first kappa shape index (κ1) is 18.4. The Kier molecular flexibility index (Phi) is 5.23. The fourth-order valence-corrected chi connectivity index (χ4v) is 3.33. The number of hydrogen-bond acceptors (Lipinski definition) is 8. The molecule has 0 aliphatic carbocycles. The summed E-state index contributed by atoms with van der Waals surface area (Å²) in [5.41, 5.74) is 0.675. The molecule has 146 valence electrons. The fraction of sp³-hybridized carbons (Fsp3) is 0.350. The lowest BCUT2D eigenvalue weighted by Crippen LogP contribution is -2.36. The maximum Gasteiger partial charge on any atom is 0.342 e. The van der Waals surface area contributed by atoms with Gasteiger partial charge in [-0.2, -0.15) is 0 Å². The Balaban J connectivity index is 1.38. The van der Waals surface area contributed by atoms with Gasteiger partial charge in [0.15, 0.2) is 12.2 Å². The van der Waals surface area contributed by atoms with Crippen molar-refractivity contribution in [3.8, 4) is 5.75 Å². The van der Waals surface area contributed by atoms with Crippen molar-refractivity contribution in [3.05, 3.63) is 59.9 Å². The minimum Gasteiger partial charge on any atom is -0.496 e. The summed E-state index contributed by atoms with van der Waals surface area (Å²) in [4.78, 5) is 28.6. The van der Waals surface area contributed by atoms with E-state index in [1.54, 1.807) is 42.6 Å². The molecule has 8 nitrogen and oxygen atoms in total. The van der Waals surface area contributed by atoms with Gasteiger partial charge in [-0.3, -0.25) is 4.98 Å². The number of carbonyl (C=O) groups excluding carboxylic acids is 2. The Bertz CT molecular complexity index is 857. The summed E-state index contributed by atoms with van der Waals surface area (Å²) in [6.07, 6.45) is 0.855. The highest BCUT2D eigenvalue weighted by atomic mass is 16.7. The van der Waals surface area contributed by atoms with Gasteiger partial charge in [0.1, 0.15) is 23.5 Å². The Morgan fingerprint density at radius 1 is 0.964 bits per heavy atom. The molecule has 0 radical (unpaired) electrons. The van der Waals surface area contributed by atoms with E-state index in [2.05, 4.69) is 4.98 Å². The minimum absolute atomic E-state index is 0.164. The van der Waals surface area contributed by atoms with Crippen molar-refractivity contribution in [2.75, 3.05) is 20.3 Å². The summed E-state index contributed by atoms with van der Waals surface area (Å²) in [6.45, 7) is 0.335. The topological polar surface area (TPSA) is 93.2 Å². The van der Waals surface area contributed by atoms with Crippen LogP contribution in [0.1, 0.15) is 20.7 Å². The van der Waals surface area contributed by atoms with Crippen LogP contribution < -0.4 is 4.74 Å². The SMILES string of the molecule is COc1ccccc1C(=O)OC1COC2C(OC(=O)c3cccnc3)CO[C@H]12. The zero-order chi connectivity index (χ0) is 19.5. The summed E-state index contributed by atoms with van der Waals surface area (Å²) >= 11 is 0. The van der Waals surface area contributed by atoms with Crippen molar-refractivity contribution in [2.24, 2.45) is 0 Å². The smallest absolute Gasteiger partial charge is 0.342 e. The zero-order valence-corrected chi connectivity index (χ0v) is 15.1. The Morgan fingerprint density at radius 2 is 1.64 bits per heavy atom. The van der Waals surface area contributed by atoms with Crippen LogP contribution >= 0.6 is 0 Å². The number of nitrogens with zero attached hydrogens (tertiary/aromatic N) is 1. The number of methoxy groups -OCH3 is 1. The second-order valence-electron chi connectivity index (χ2n) is 6.43. The maximum atomic E-state index is 12.5. The summed E-state index contributed by atoms with van der Waals surface area (Å²) in [7, 11) is 1.49. The van der Waals surface area contributed by atoms with Crippen LogP contribution in [0, 0.1) is 0 Å². The van der Waals surface area contributed by atoms with Crippen LogP contribution in [0.15, 0.2) is 48.8 Å². The molecule has 28 heavy (non-hydrogen) atoms. The monoisotopic (exact) mass is 385 g/mol. The fourth-order valence-electron chi connectivity index (χ4n) is 3.33. The number of esters is 2. The van der Waals surface area contributed by atoms with Crippen LogP contribution in [0.25, 0.3) is 0 Å². The van der Waals surface area contributed by atoms with Gasteiger partial charge in [-0.15, -0.1) is 0 Å². The molecule has 0 spiro atoms. The molecule has 3 heterocycles. The summed E-state index contributed by atoms with van der Waals surface area (Å²) in [6, 6.07) is 10.1. The van der Waals surface area contributed by atoms with Gasteiger partial charge < -0.3 is 23.7 Å². The third-order valence-corrected chi connectivity index (χ3v) is 4.70. The van der Waals surface area contributed by atoms with E-state index in [9.17, 15) is 9.59 Å². The van der Waals surface area contributed by atoms with Crippen molar-refractivity contribution in [1.29, 1.82) is 0 Å². The Hall–Kier alpha value is -2.97. The normalized spacial score (nSPS) is 25.8. The molecule has 0 bridgehead atoms. The van der Waals surface area contributed by atoms with Gasteiger partial charge in [0, 0.05) is 12.4 Å². The van der Waals surface area contributed by atoms with Crippen molar-refractivity contribution in [3.63, 3.8) is 0 Å². The van der Waals surface area contributed by atoms with Gasteiger partial charge in [0.05, 0.1) is 25.9 Å². The average Bonchev–Trinajstić information content (AvgIpc) is 3.32. The van der Waals surface area contributed by atoms with Gasteiger partial charge in [0.25, 0.3) is 0 Å². The molecule has 0 N–H and O–H groups in total. The quantitative estimate of drug-likeness (QED) is 0.717. The molecule has 2 aliphatic heterocycles. The number of hydrogen-bond donors (Lipinski definition) is 0. The second kappa shape index (κ2) is 7.95. The molecular formula is C20H19NO7. The highest BCUT2D eigenvalue weighted by Gasteiger charge is 2.51. The van der Waals surface area contributed by atoms with Gasteiger partial charge in [-0.05, 0) is 24.3 Å². The van der Waals surface area contributed by atoms with Gasteiger partial charge in [0.2, 0.25) is 0 Å². The lowest BCUT2D eigenvalue weighted by molar-refractivity contribution is -0.0288. The summed E-state index contributed by atoms with van der Waals surface area (Å²) in [5.74, 6) is -0.592. The first-order chi connectivity index (χ1) is 13.7. The number of carbonyl (C=O) groups is 2.